The fourth-order valence-electron chi connectivity index (χ4n) is 2.73. The molecule has 26 heavy (non-hydrogen) atoms. The highest BCUT2D eigenvalue weighted by Crippen LogP contribution is 2.28. The van der Waals surface area contributed by atoms with Crippen molar-refractivity contribution in [3.63, 3.8) is 0 Å². The minimum Gasteiger partial charge on any atom is -0.490 e. The molecule has 1 aromatic carbocycles. The number of halogens is 1. The molecule has 1 aromatic heterocycles. The van der Waals surface area contributed by atoms with Gasteiger partial charge in [0, 0.05) is 12.7 Å². The van der Waals surface area contributed by atoms with Gasteiger partial charge in [-0.3, -0.25) is 4.79 Å². The Balaban J connectivity index is 1.79. The van der Waals surface area contributed by atoms with Gasteiger partial charge in [-0.1, -0.05) is 26.0 Å². The zero-order valence-corrected chi connectivity index (χ0v) is 15.2. The first-order valence-electron chi connectivity index (χ1n) is 8.64. The van der Waals surface area contributed by atoms with Gasteiger partial charge in [0.2, 0.25) is 0 Å². The number of carboxylic acids is 1. The number of nitrogens with zero attached hydrogens (tertiary/aromatic N) is 1. The van der Waals surface area contributed by atoms with E-state index >= 15 is 0 Å². The number of aromatic nitrogens is 1. The highest BCUT2D eigenvalue weighted by atomic mass is 19.1. The van der Waals surface area contributed by atoms with E-state index in [0.717, 1.165) is 11.4 Å². The zero-order valence-electron chi connectivity index (χ0n) is 15.2. The van der Waals surface area contributed by atoms with E-state index in [1.54, 1.807) is 18.3 Å². The van der Waals surface area contributed by atoms with Crippen molar-refractivity contribution >= 4 is 11.8 Å². The van der Waals surface area contributed by atoms with Crippen LogP contribution >= 0.6 is 0 Å². The van der Waals surface area contributed by atoms with Crippen LogP contribution in [-0.4, -0.2) is 29.2 Å². The first-order chi connectivity index (χ1) is 12.4. The Bertz CT molecular complexity index is 720. The summed E-state index contributed by atoms with van der Waals surface area (Å²) in [5.74, 6) is -0.268. The topological polar surface area (TPSA) is 71.5 Å². The number of carboxylic acid groups (broad SMARTS) is 1. The van der Waals surface area contributed by atoms with Crippen LogP contribution < -0.4 is 10.1 Å². The lowest BCUT2D eigenvalue weighted by Gasteiger charge is -2.22. The van der Waals surface area contributed by atoms with Crippen molar-refractivity contribution in [3.8, 4) is 5.75 Å². The summed E-state index contributed by atoms with van der Waals surface area (Å²) in [6.45, 7) is 4.79. The summed E-state index contributed by atoms with van der Waals surface area (Å²) in [5, 5.41) is 12.1. The van der Waals surface area contributed by atoms with E-state index in [-0.39, 0.29) is 12.2 Å². The third kappa shape index (κ3) is 6.70. The van der Waals surface area contributed by atoms with Crippen LogP contribution in [0.4, 0.5) is 10.2 Å². The largest absolute Gasteiger partial charge is 0.490 e. The zero-order chi connectivity index (χ0) is 19.0. The van der Waals surface area contributed by atoms with Gasteiger partial charge in [0.25, 0.3) is 0 Å². The average molecular weight is 360 g/mol. The first-order valence-corrected chi connectivity index (χ1v) is 8.64. The summed E-state index contributed by atoms with van der Waals surface area (Å²) in [6.07, 6.45) is 2.96. The van der Waals surface area contributed by atoms with Crippen LogP contribution in [0.1, 0.15) is 32.3 Å². The molecular weight excluding hydrogens is 335 g/mol. The number of benzene rings is 1. The molecule has 0 aliphatic heterocycles. The molecule has 0 spiro atoms. The molecule has 140 valence electrons. The number of ether oxygens (including phenoxy) is 1. The first kappa shape index (κ1) is 19.7. The van der Waals surface area contributed by atoms with Gasteiger partial charge in [-0.2, -0.15) is 0 Å². The van der Waals surface area contributed by atoms with Gasteiger partial charge in [-0.05, 0) is 48.1 Å². The number of aliphatic carboxylic acids is 1. The predicted molar refractivity (Wildman–Crippen MR) is 99.0 cm³/mol. The lowest BCUT2D eigenvalue weighted by molar-refractivity contribution is -0.139. The van der Waals surface area contributed by atoms with Crippen LogP contribution in [0, 0.1) is 11.2 Å². The summed E-state index contributed by atoms with van der Waals surface area (Å²) in [4.78, 5) is 15.0. The van der Waals surface area contributed by atoms with Gasteiger partial charge >= 0.3 is 5.97 Å². The van der Waals surface area contributed by atoms with E-state index in [4.69, 9.17) is 9.84 Å². The van der Waals surface area contributed by atoms with Crippen molar-refractivity contribution in [2.45, 2.75) is 33.1 Å². The second kappa shape index (κ2) is 9.17. The maximum absolute atomic E-state index is 14.2. The summed E-state index contributed by atoms with van der Waals surface area (Å²) >= 11 is 0. The second-order valence-corrected chi connectivity index (χ2v) is 7.02. The van der Waals surface area contributed by atoms with Crippen molar-refractivity contribution < 1.29 is 19.0 Å². The number of carbonyl (C=O) groups is 1. The maximum atomic E-state index is 14.2. The fraction of sp³-hybridized carbons (Fsp3) is 0.400. The fourth-order valence-corrected chi connectivity index (χ4v) is 2.73. The molecule has 5 nitrogen and oxygen atoms in total. The van der Waals surface area contributed by atoms with E-state index in [9.17, 15) is 9.18 Å². The molecule has 6 heteroatoms. The summed E-state index contributed by atoms with van der Waals surface area (Å²) in [7, 11) is 0. The number of rotatable bonds is 10. The predicted octanol–water partition coefficient (Wildman–Crippen LogP) is 4.15. The molecule has 0 saturated carbocycles. The van der Waals surface area contributed by atoms with Crippen molar-refractivity contribution in [2.75, 3.05) is 18.5 Å². The van der Waals surface area contributed by atoms with Crippen molar-refractivity contribution in [2.24, 2.45) is 5.41 Å². The number of pyridine rings is 1. The minimum atomic E-state index is -0.852. The van der Waals surface area contributed by atoms with E-state index in [0.29, 0.717) is 26.0 Å². The molecular formula is C20H25FN2O3. The quantitative estimate of drug-likeness (QED) is 0.623. The Labute approximate surface area is 153 Å². The maximum Gasteiger partial charge on any atom is 0.303 e. The Morgan fingerprint density at radius 2 is 2.12 bits per heavy atom. The third-order valence-corrected chi connectivity index (χ3v) is 3.86. The third-order valence-electron chi connectivity index (χ3n) is 3.86. The molecule has 0 amide bonds. The Kier molecular flexibility index (Phi) is 6.95. The van der Waals surface area contributed by atoms with Gasteiger partial charge in [-0.25, -0.2) is 9.37 Å². The molecule has 0 unspecified atom stereocenters. The van der Waals surface area contributed by atoms with Gasteiger partial charge in [0.1, 0.15) is 5.82 Å². The van der Waals surface area contributed by atoms with Gasteiger partial charge in [-0.15, -0.1) is 0 Å². The lowest BCUT2D eigenvalue weighted by atomic mass is 9.83. The average Bonchev–Trinajstić information content (AvgIpc) is 2.55. The van der Waals surface area contributed by atoms with Crippen LogP contribution in [0.15, 0.2) is 42.6 Å². The highest BCUT2D eigenvalue weighted by Gasteiger charge is 2.22. The molecule has 0 aliphatic rings. The summed E-state index contributed by atoms with van der Waals surface area (Å²) in [5.41, 5.74) is 0.329. The molecule has 2 N–H and O–H groups in total. The van der Waals surface area contributed by atoms with Crippen molar-refractivity contribution in [3.05, 3.63) is 54.0 Å². The summed E-state index contributed by atoms with van der Waals surface area (Å²) in [6, 6.07) is 10.4. The molecule has 2 rings (SSSR count). The normalized spacial score (nSPS) is 11.2. The number of anilines is 1. The van der Waals surface area contributed by atoms with E-state index in [1.165, 1.54) is 6.07 Å². The van der Waals surface area contributed by atoms with E-state index in [2.05, 4.69) is 10.3 Å². The van der Waals surface area contributed by atoms with E-state index in [1.807, 2.05) is 32.0 Å². The van der Waals surface area contributed by atoms with Crippen LogP contribution in [0.3, 0.4) is 0 Å². The minimum absolute atomic E-state index is 0.0378. The number of hydrogen-bond donors (Lipinski definition) is 2. The van der Waals surface area contributed by atoms with Crippen molar-refractivity contribution in [1.82, 2.24) is 4.98 Å². The number of hydrogen-bond acceptors (Lipinski definition) is 4. The molecule has 0 aliphatic carbocycles. The summed E-state index contributed by atoms with van der Waals surface area (Å²) < 4.78 is 19.7. The van der Waals surface area contributed by atoms with Crippen LogP contribution in [0.25, 0.3) is 0 Å². The molecule has 0 bridgehead atoms. The van der Waals surface area contributed by atoms with Gasteiger partial charge < -0.3 is 15.2 Å². The molecule has 0 radical (unpaired) electrons. The molecule has 0 atom stereocenters. The van der Waals surface area contributed by atoms with E-state index < -0.39 is 17.2 Å². The molecule has 0 fully saturated rings. The van der Waals surface area contributed by atoms with Gasteiger partial charge in [0.05, 0.1) is 13.0 Å². The Morgan fingerprint density at radius 3 is 2.77 bits per heavy atom. The smallest absolute Gasteiger partial charge is 0.303 e. The second-order valence-electron chi connectivity index (χ2n) is 7.02. The van der Waals surface area contributed by atoms with Crippen LogP contribution in [0.5, 0.6) is 5.75 Å². The van der Waals surface area contributed by atoms with Crippen molar-refractivity contribution in [1.29, 1.82) is 0 Å². The Hall–Kier alpha value is -2.63. The molecule has 2 aromatic rings. The molecule has 1 heterocycles. The highest BCUT2D eigenvalue weighted by molar-refractivity contribution is 5.67. The lowest BCUT2D eigenvalue weighted by Crippen LogP contribution is -2.19. The van der Waals surface area contributed by atoms with Crippen LogP contribution in [-0.2, 0) is 11.2 Å². The SMILES string of the molecule is CC(C)(CC(=O)O)Cc1ccc(OCCCNc2ccccn2)c(F)c1. The standard InChI is InChI=1S/C20H25FN2O3/c1-20(2,14-19(24)25)13-15-7-8-17(16(21)12-15)26-11-5-10-23-18-6-3-4-9-22-18/h3-4,6-9,12H,5,10-11,13-14H2,1-2H3,(H,22,23)(H,24,25). The monoisotopic (exact) mass is 360 g/mol. The number of nitrogens with one attached hydrogen (secondary N) is 1. The molecule has 0 saturated heterocycles. The van der Waals surface area contributed by atoms with Crippen LogP contribution in [0.2, 0.25) is 0 Å². The van der Waals surface area contributed by atoms with Gasteiger partial charge in [0.15, 0.2) is 11.6 Å². The Morgan fingerprint density at radius 1 is 1.31 bits per heavy atom.